The Hall–Kier alpha value is -1.99. The number of carboxylic acid groups (broad SMARTS) is 1. The summed E-state index contributed by atoms with van der Waals surface area (Å²) < 4.78 is 10.2. The number of carbonyl (C=O) groups excluding carboxylic acids is 2. The number of hydrogen-bond donors (Lipinski definition) is 2. The highest BCUT2D eigenvalue weighted by Gasteiger charge is 2.48. The maximum Gasteiger partial charge on any atom is 0.409 e. The van der Waals surface area contributed by atoms with Crippen LogP contribution in [-0.4, -0.2) is 59.0 Å². The van der Waals surface area contributed by atoms with E-state index in [2.05, 4.69) is 5.32 Å². The van der Waals surface area contributed by atoms with E-state index < -0.39 is 29.3 Å². The molecule has 1 fully saturated rings. The predicted octanol–water partition coefficient (Wildman–Crippen LogP) is 1.83. The van der Waals surface area contributed by atoms with E-state index in [9.17, 15) is 19.5 Å². The van der Waals surface area contributed by atoms with Crippen LogP contribution in [0, 0.1) is 5.92 Å². The number of likely N-dealkylation sites (tertiary alicyclic amines) is 1. The molecule has 2 amide bonds. The minimum atomic E-state index is -1.56. The maximum absolute atomic E-state index is 11.9. The van der Waals surface area contributed by atoms with Crippen molar-refractivity contribution in [2.24, 2.45) is 5.92 Å². The molecule has 8 heteroatoms. The summed E-state index contributed by atoms with van der Waals surface area (Å²) in [5, 5.41) is 11.9. The molecule has 0 aromatic carbocycles. The Kier molecular flexibility index (Phi) is 5.85. The van der Waals surface area contributed by atoms with Crippen LogP contribution in [0.4, 0.5) is 9.59 Å². The van der Waals surface area contributed by atoms with Gasteiger partial charge in [-0.2, -0.15) is 0 Å². The quantitative estimate of drug-likeness (QED) is 0.815. The van der Waals surface area contributed by atoms with Gasteiger partial charge in [0.05, 0.1) is 13.2 Å². The number of nitrogens with one attached hydrogen (secondary N) is 1. The SMILES string of the molecule is CC(C)COC(=O)N1CCC(NC(=O)OC(C)(C)C)(C(=O)O)C1. The van der Waals surface area contributed by atoms with Crippen LogP contribution >= 0.6 is 0 Å². The van der Waals surface area contributed by atoms with E-state index in [1.807, 2.05) is 13.8 Å². The molecule has 0 aromatic rings. The van der Waals surface area contributed by atoms with E-state index >= 15 is 0 Å². The average Bonchev–Trinajstić information content (AvgIpc) is 2.79. The molecule has 0 bridgehead atoms. The summed E-state index contributed by atoms with van der Waals surface area (Å²) in [6.45, 7) is 9.16. The minimum Gasteiger partial charge on any atom is -0.479 e. The Balaban J connectivity index is 2.71. The summed E-state index contributed by atoms with van der Waals surface area (Å²) in [6.07, 6.45) is -1.30. The number of carboxylic acids is 1. The molecule has 1 aliphatic heterocycles. The van der Waals surface area contributed by atoms with Crippen LogP contribution in [0.15, 0.2) is 0 Å². The molecule has 2 N–H and O–H groups in total. The van der Waals surface area contributed by atoms with E-state index in [4.69, 9.17) is 9.47 Å². The predicted molar refractivity (Wildman–Crippen MR) is 82.1 cm³/mol. The number of ether oxygens (including phenoxy) is 2. The summed E-state index contributed by atoms with van der Waals surface area (Å²) in [4.78, 5) is 36.7. The summed E-state index contributed by atoms with van der Waals surface area (Å²) >= 11 is 0. The first-order chi connectivity index (χ1) is 10.4. The molecule has 1 unspecified atom stereocenters. The normalized spacial score (nSPS) is 21.2. The van der Waals surface area contributed by atoms with Gasteiger partial charge in [-0.3, -0.25) is 0 Å². The van der Waals surface area contributed by atoms with E-state index in [-0.39, 0.29) is 32.0 Å². The minimum absolute atomic E-state index is 0.0956. The molecule has 132 valence electrons. The van der Waals surface area contributed by atoms with Gasteiger partial charge in [-0.05, 0) is 26.7 Å². The Morgan fingerprint density at radius 1 is 1.30 bits per heavy atom. The first-order valence-corrected chi connectivity index (χ1v) is 7.61. The maximum atomic E-state index is 11.9. The van der Waals surface area contributed by atoms with Gasteiger partial charge < -0.3 is 24.8 Å². The molecule has 0 radical (unpaired) electrons. The number of alkyl carbamates (subject to hydrolysis) is 1. The van der Waals surface area contributed by atoms with Crippen molar-refractivity contribution in [1.29, 1.82) is 0 Å². The molecule has 0 aliphatic carbocycles. The zero-order valence-corrected chi connectivity index (χ0v) is 14.3. The van der Waals surface area contributed by atoms with Crippen LogP contribution in [-0.2, 0) is 14.3 Å². The molecule has 1 atom stereocenters. The second-order valence-electron chi connectivity index (χ2n) is 7.16. The van der Waals surface area contributed by atoms with Gasteiger partial charge in [0.15, 0.2) is 5.54 Å². The van der Waals surface area contributed by atoms with E-state index in [1.54, 1.807) is 20.8 Å². The fourth-order valence-electron chi connectivity index (χ4n) is 2.12. The molecular weight excluding hydrogens is 304 g/mol. The zero-order chi connectivity index (χ0) is 17.8. The van der Waals surface area contributed by atoms with Crippen LogP contribution in [0.25, 0.3) is 0 Å². The first kappa shape index (κ1) is 19.1. The third-order valence-corrected chi connectivity index (χ3v) is 3.22. The summed E-state index contributed by atoms with van der Waals surface area (Å²) in [5.74, 6) is -1.02. The number of carbonyl (C=O) groups is 3. The zero-order valence-electron chi connectivity index (χ0n) is 14.3. The molecule has 1 rings (SSSR count). The Bertz CT molecular complexity index is 471. The van der Waals surface area contributed by atoms with Gasteiger partial charge in [-0.15, -0.1) is 0 Å². The van der Waals surface area contributed by atoms with Crippen LogP contribution < -0.4 is 5.32 Å². The Labute approximate surface area is 136 Å². The van der Waals surface area contributed by atoms with Crippen LogP contribution in [0.1, 0.15) is 41.0 Å². The van der Waals surface area contributed by atoms with Gasteiger partial charge in [-0.25, -0.2) is 14.4 Å². The summed E-state index contributed by atoms with van der Waals surface area (Å²) in [6, 6.07) is 0. The van der Waals surface area contributed by atoms with Gasteiger partial charge in [0, 0.05) is 13.0 Å². The van der Waals surface area contributed by atoms with Gasteiger partial charge in [-0.1, -0.05) is 13.8 Å². The number of hydrogen-bond acceptors (Lipinski definition) is 5. The highest BCUT2D eigenvalue weighted by Crippen LogP contribution is 2.23. The topological polar surface area (TPSA) is 105 Å². The molecule has 0 aromatic heterocycles. The fourth-order valence-corrected chi connectivity index (χ4v) is 2.12. The lowest BCUT2D eigenvalue weighted by Crippen LogP contribution is -2.57. The van der Waals surface area contributed by atoms with Crippen LogP contribution in [0.5, 0.6) is 0 Å². The lowest BCUT2D eigenvalue weighted by atomic mass is 9.99. The lowest BCUT2D eigenvalue weighted by molar-refractivity contribution is -0.144. The van der Waals surface area contributed by atoms with Crippen molar-refractivity contribution >= 4 is 18.2 Å². The second kappa shape index (κ2) is 7.06. The van der Waals surface area contributed by atoms with Crippen molar-refractivity contribution in [3.8, 4) is 0 Å². The molecule has 1 heterocycles. The standard InChI is InChI=1S/C15H26N2O6/c1-10(2)8-22-13(21)17-7-6-15(9-17,11(18)19)16-12(20)23-14(3,4)5/h10H,6-9H2,1-5H3,(H,16,20)(H,18,19). The van der Waals surface area contributed by atoms with Crippen molar-refractivity contribution in [3.63, 3.8) is 0 Å². The van der Waals surface area contributed by atoms with Gasteiger partial charge in [0.1, 0.15) is 5.60 Å². The molecule has 0 spiro atoms. The highest BCUT2D eigenvalue weighted by molar-refractivity contribution is 5.86. The van der Waals surface area contributed by atoms with Crippen molar-refractivity contribution in [2.75, 3.05) is 19.7 Å². The molecule has 1 aliphatic rings. The number of nitrogens with zero attached hydrogens (tertiary/aromatic N) is 1. The van der Waals surface area contributed by atoms with E-state index in [1.165, 1.54) is 4.90 Å². The third kappa shape index (κ3) is 5.61. The van der Waals surface area contributed by atoms with Crippen LogP contribution in [0.2, 0.25) is 0 Å². The number of aliphatic carboxylic acids is 1. The summed E-state index contributed by atoms with van der Waals surface area (Å²) in [7, 11) is 0. The second-order valence-corrected chi connectivity index (χ2v) is 7.16. The Morgan fingerprint density at radius 3 is 2.39 bits per heavy atom. The molecule has 1 saturated heterocycles. The van der Waals surface area contributed by atoms with Crippen molar-refractivity contribution in [2.45, 2.75) is 52.2 Å². The first-order valence-electron chi connectivity index (χ1n) is 7.61. The third-order valence-electron chi connectivity index (χ3n) is 3.22. The smallest absolute Gasteiger partial charge is 0.409 e. The van der Waals surface area contributed by atoms with Crippen molar-refractivity contribution < 1.29 is 29.0 Å². The lowest BCUT2D eigenvalue weighted by Gasteiger charge is -2.28. The molecule has 23 heavy (non-hydrogen) atoms. The molecule has 8 nitrogen and oxygen atoms in total. The van der Waals surface area contributed by atoms with Gasteiger partial charge in [0.2, 0.25) is 0 Å². The van der Waals surface area contributed by atoms with Crippen molar-refractivity contribution in [1.82, 2.24) is 10.2 Å². The average molecular weight is 330 g/mol. The largest absolute Gasteiger partial charge is 0.479 e. The Morgan fingerprint density at radius 2 is 1.91 bits per heavy atom. The van der Waals surface area contributed by atoms with E-state index in [0.717, 1.165) is 0 Å². The molecule has 0 saturated carbocycles. The monoisotopic (exact) mass is 330 g/mol. The number of rotatable bonds is 4. The van der Waals surface area contributed by atoms with Gasteiger partial charge in [0.25, 0.3) is 0 Å². The van der Waals surface area contributed by atoms with Crippen molar-refractivity contribution in [3.05, 3.63) is 0 Å². The number of amides is 2. The molecular formula is C15H26N2O6. The summed E-state index contributed by atoms with van der Waals surface area (Å²) in [5.41, 5.74) is -2.29. The highest BCUT2D eigenvalue weighted by atomic mass is 16.6. The fraction of sp³-hybridized carbons (Fsp3) is 0.800. The van der Waals surface area contributed by atoms with Crippen LogP contribution in [0.3, 0.4) is 0 Å². The van der Waals surface area contributed by atoms with Gasteiger partial charge >= 0.3 is 18.2 Å². The van der Waals surface area contributed by atoms with E-state index in [0.29, 0.717) is 0 Å².